The Morgan fingerprint density at radius 2 is 1.47 bits per heavy atom. The van der Waals surface area contributed by atoms with Gasteiger partial charge in [0.25, 0.3) is 6.08 Å². The second-order valence-electron chi connectivity index (χ2n) is 1.78. The second kappa shape index (κ2) is 5.90. The average Bonchev–Trinajstić information content (AvgIpc) is 1.78. The van der Waals surface area contributed by atoms with Gasteiger partial charge in [-0.15, -0.1) is 0 Å². The number of allylic oxidation sites excluding steroid dienone is 1. The quantitative estimate of drug-likeness (QED) is 0.449. The molecule has 0 aromatic heterocycles. The maximum absolute atomic E-state index is 11.2. The summed E-state index contributed by atoms with van der Waals surface area (Å²) in [6.45, 7) is -2.19. The zero-order valence-electron chi connectivity index (χ0n) is 6.52. The molecule has 11 heteroatoms. The van der Waals surface area contributed by atoms with Crippen LogP contribution in [0.5, 0.6) is 0 Å². The number of hydrogen-bond donors (Lipinski definition) is 1. The molecule has 0 fully saturated rings. The zero-order chi connectivity index (χ0) is 12.9. The van der Waals surface area contributed by atoms with Crippen molar-refractivity contribution >= 4 is 10.5 Å². The SMILES string of the molecule is FCC(=C(F)F)C(F)(F)F.O=S(=O)(O)F. The van der Waals surface area contributed by atoms with Crippen LogP contribution in [0.25, 0.3) is 0 Å². The van der Waals surface area contributed by atoms with E-state index in [1.54, 1.807) is 0 Å². The largest absolute Gasteiger partial charge is 0.435 e. The summed E-state index contributed by atoms with van der Waals surface area (Å²) in [5.74, 6) is 0. The number of alkyl halides is 4. The van der Waals surface area contributed by atoms with Crippen molar-refractivity contribution in [1.29, 1.82) is 0 Å². The third-order valence-corrected chi connectivity index (χ3v) is 0.704. The predicted molar refractivity (Wildman–Crippen MR) is 33.9 cm³/mol. The van der Waals surface area contributed by atoms with Gasteiger partial charge in [0.1, 0.15) is 12.2 Å². The maximum Gasteiger partial charge on any atom is 0.435 e. The summed E-state index contributed by atoms with van der Waals surface area (Å²) in [5.41, 5.74) is -2.41. The molecule has 0 spiro atoms. The third-order valence-electron chi connectivity index (χ3n) is 0.704. The van der Waals surface area contributed by atoms with E-state index in [9.17, 15) is 30.2 Å². The van der Waals surface area contributed by atoms with Crippen molar-refractivity contribution in [3.05, 3.63) is 11.7 Å². The first-order chi connectivity index (χ1) is 6.39. The lowest BCUT2D eigenvalue weighted by Gasteiger charge is -2.04. The number of hydrogen-bond acceptors (Lipinski definition) is 2. The van der Waals surface area contributed by atoms with E-state index in [1.165, 1.54) is 0 Å². The summed E-state index contributed by atoms with van der Waals surface area (Å²) in [5, 5.41) is 0. The first-order valence-corrected chi connectivity index (χ1v) is 4.08. The van der Waals surface area contributed by atoms with Gasteiger partial charge in [0, 0.05) is 0 Å². The minimum absolute atomic E-state index is 2.19. The molecule has 0 aliphatic carbocycles. The molecule has 0 aliphatic rings. The molecule has 0 aromatic rings. The molecule has 15 heavy (non-hydrogen) atoms. The van der Waals surface area contributed by atoms with Crippen LogP contribution in [0.3, 0.4) is 0 Å². The zero-order valence-corrected chi connectivity index (χ0v) is 7.34. The van der Waals surface area contributed by atoms with Crippen molar-refractivity contribution in [3.63, 3.8) is 0 Å². The van der Waals surface area contributed by atoms with Gasteiger partial charge in [0.05, 0.1) is 0 Å². The van der Waals surface area contributed by atoms with E-state index in [2.05, 4.69) is 0 Å². The van der Waals surface area contributed by atoms with Gasteiger partial charge in [-0.2, -0.15) is 30.4 Å². The molecule has 92 valence electrons. The summed E-state index contributed by atoms with van der Waals surface area (Å²) in [4.78, 5) is 0. The smallest absolute Gasteiger partial charge is 0.260 e. The molecule has 1 N–H and O–H groups in total. The first kappa shape index (κ1) is 16.6. The van der Waals surface area contributed by atoms with E-state index >= 15 is 0 Å². The Labute approximate surface area is 79.2 Å². The molecule has 0 unspecified atom stereocenters. The number of halogens is 7. The fourth-order valence-corrected chi connectivity index (χ4v) is 0.233. The van der Waals surface area contributed by atoms with Crippen LogP contribution in [0.4, 0.5) is 30.2 Å². The summed E-state index contributed by atoms with van der Waals surface area (Å²) < 4.78 is 101. The highest BCUT2D eigenvalue weighted by Gasteiger charge is 2.37. The van der Waals surface area contributed by atoms with Gasteiger partial charge in [0.2, 0.25) is 0 Å². The van der Waals surface area contributed by atoms with Crippen LogP contribution in [0, 0.1) is 0 Å². The van der Waals surface area contributed by atoms with E-state index in [0.29, 0.717) is 0 Å². The fraction of sp³-hybridized carbons (Fsp3) is 0.500. The molecule has 0 rings (SSSR count). The molecule has 0 saturated heterocycles. The molecule has 0 amide bonds. The molecular weight excluding hydrogens is 261 g/mol. The lowest BCUT2D eigenvalue weighted by atomic mass is 10.3. The van der Waals surface area contributed by atoms with Gasteiger partial charge >= 0.3 is 16.7 Å². The Morgan fingerprint density at radius 3 is 1.47 bits per heavy atom. The Bertz CT molecular complexity index is 304. The first-order valence-electron chi connectivity index (χ1n) is 2.74. The van der Waals surface area contributed by atoms with Crippen LogP contribution in [0.1, 0.15) is 0 Å². The standard InChI is InChI=1S/C4H2F6.FHO3S/c5-1-2(3(6)7)4(8,9)10;1-5(2,3)4/h1H2;(H,2,3,4). The van der Waals surface area contributed by atoms with Crippen molar-refractivity contribution in [2.75, 3.05) is 6.67 Å². The Morgan fingerprint density at radius 1 is 1.20 bits per heavy atom. The van der Waals surface area contributed by atoms with Gasteiger partial charge in [-0.3, -0.25) is 4.55 Å². The van der Waals surface area contributed by atoms with E-state index in [4.69, 9.17) is 13.0 Å². The van der Waals surface area contributed by atoms with E-state index in [0.717, 1.165) is 0 Å². The van der Waals surface area contributed by atoms with Crippen molar-refractivity contribution in [1.82, 2.24) is 0 Å². The van der Waals surface area contributed by atoms with Gasteiger partial charge in [-0.1, -0.05) is 3.89 Å². The van der Waals surface area contributed by atoms with Crippen LogP contribution in [0.2, 0.25) is 0 Å². The number of rotatable bonds is 1. The van der Waals surface area contributed by atoms with E-state index < -0.39 is 35.0 Å². The molecule has 0 heterocycles. The molecule has 0 radical (unpaired) electrons. The van der Waals surface area contributed by atoms with Crippen LogP contribution in [-0.4, -0.2) is 25.8 Å². The molecular formula is C4H3F7O3S. The van der Waals surface area contributed by atoms with Crippen molar-refractivity contribution in [2.45, 2.75) is 6.18 Å². The summed E-state index contributed by atoms with van der Waals surface area (Å²) in [6, 6.07) is 0. The van der Waals surface area contributed by atoms with Gasteiger partial charge in [0.15, 0.2) is 0 Å². The minimum Gasteiger partial charge on any atom is -0.260 e. The van der Waals surface area contributed by atoms with Crippen LogP contribution in [-0.2, 0) is 10.5 Å². The van der Waals surface area contributed by atoms with Crippen LogP contribution in [0.15, 0.2) is 11.7 Å². The maximum atomic E-state index is 11.2. The Hall–Kier alpha value is -0.840. The highest BCUT2D eigenvalue weighted by atomic mass is 32.3. The molecule has 0 aromatic carbocycles. The third kappa shape index (κ3) is 13.2. The lowest BCUT2D eigenvalue weighted by Crippen LogP contribution is -2.14. The molecule has 3 nitrogen and oxygen atoms in total. The van der Waals surface area contributed by atoms with Crippen molar-refractivity contribution < 1.29 is 43.2 Å². The Kier molecular flexibility index (Phi) is 6.52. The van der Waals surface area contributed by atoms with Crippen LogP contribution >= 0.6 is 0 Å². The van der Waals surface area contributed by atoms with Crippen molar-refractivity contribution in [3.8, 4) is 0 Å². The van der Waals surface area contributed by atoms with Gasteiger partial charge in [-0.05, 0) is 0 Å². The summed E-state index contributed by atoms with van der Waals surface area (Å²) in [7, 11) is -5.17. The molecule has 0 bridgehead atoms. The highest BCUT2D eigenvalue weighted by molar-refractivity contribution is 7.80. The normalized spacial score (nSPS) is 11.5. The van der Waals surface area contributed by atoms with Crippen molar-refractivity contribution in [2.24, 2.45) is 0 Å². The summed E-state index contributed by atoms with van der Waals surface area (Å²) in [6.07, 6.45) is -8.27. The topological polar surface area (TPSA) is 54.4 Å². The lowest BCUT2D eigenvalue weighted by molar-refractivity contribution is -0.0986. The summed E-state index contributed by atoms with van der Waals surface area (Å²) >= 11 is 0. The van der Waals surface area contributed by atoms with E-state index in [1.807, 2.05) is 0 Å². The van der Waals surface area contributed by atoms with Crippen LogP contribution < -0.4 is 0 Å². The Balaban J connectivity index is 0. The fourth-order valence-electron chi connectivity index (χ4n) is 0.233. The monoisotopic (exact) mass is 264 g/mol. The highest BCUT2D eigenvalue weighted by Crippen LogP contribution is 2.29. The molecule has 0 atom stereocenters. The van der Waals surface area contributed by atoms with Gasteiger partial charge < -0.3 is 0 Å². The van der Waals surface area contributed by atoms with Gasteiger partial charge in [-0.25, -0.2) is 4.39 Å². The average molecular weight is 264 g/mol. The van der Waals surface area contributed by atoms with E-state index in [-0.39, 0.29) is 0 Å². The predicted octanol–water partition coefficient (Wildman–Crippen LogP) is 2.43. The second-order valence-corrected chi connectivity index (χ2v) is 2.61. The minimum atomic E-state index is -5.26. The molecule has 0 aliphatic heterocycles. The molecule has 0 saturated carbocycles.